The SMILES string of the molecule is CC(C)=CCC[C@@H](C)NCCC[C@@H]1CCOC1. The molecule has 0 aromatic heterocycles. The second kappa shape index (κ2) is 8.71. The zero-order chi connectivity index (χ0) is 12.5. The summed E-state index contributed by atoms with van der Waals surface area (Å²) < 4.78 is 5.38. The Labute approximate surface area is 107 Å². The first kappa shape index (κ1) is 14.7. The van der Waals surface area contributed by atoms with Gasteiger partial charge in [0.05, 0.1) is 0 Å². The van der Waals surface area contributed by atoms with Crippen LogP contribution in [0.2, 0.25) is 0 Å². The monoisotopic (exact) mass is 239 g/mol. The van der Waals surface area contributed by atoms with Gasteiger partial charge in [0.2, 0.25) is 0 Å². The highest BCUT2D eigenvalue weighted by molar-refractivity contribution is 4.93. The minimum absolute atomic E-state index is 0.644. The molecule has 0 radical (unpaired) electrons. The van der Waals surface area contributed by atoms with E-state index in [0.29, 0.717) is 6.04 Å². The molecule has 1 aliphatic rings. The quantitative estimate of drug-likeness (QED) is 0.517. The van der Waals surface area contributed by atoms with Gasteiger partial charge in [0, 0.05) is 19.3 Å². The van der Waals surface area contributed by atoms with E-state index in [4.69, 9.17) is 4.74 Å². The minimum atomic E-state index is 0.644. The second-order valence-corrected chi connectivity index (χ2v) is 5.59. The van der Waals surface area contributed by atoms with Crippen molar-refractivity contribution in [3.63, 3.8) is 0 Å². The summed E-state index contributed by atoms with van der Waals surface area (Å²) in [7, 11) is 0. The zero-order valence-corrected chi connectivity index (χ0v) is 11.8. The van der Waals surface area contributed by atoms with Gasteiger partial charge in [-0.3, -0.25) is 0 Å². The van der Waals surface area contributed by atoms with E-state index in [-0.39, 0.29) is 0 Å². The molecule has 1 rings (SSSR count). The van der Waals surface area contributed by atoms with Gasteiger partial charge in [-0.1, -0.05) is 11.6 Å². The molecule has 1 fully saturated rings. The Balaban J connectivity index is 1.92. The molecule has 17 heavy (non-hydrogen) atoms. The summed E-state index contributed by atoms with van der Waals surface area (Å²) in [5.74, 6) is 0.831. The van der Waals surface area contributed by atoms with E-state index in [2.05, 4.69) is 32.2 Å². The van der Waals surface area contributed by atoms with Gasteiger partial charge in [-0.25, -0.2) is 0 Å². The van der Waals surface area contributed by atoms with Gasteiger partial charge < -0.3 is 10.1 Å². The molecule has 0 bridgehead atoms. The van der Waals surface area contributed by atoms with Crippen LogP contribution in [0.5, 0.6) is 0 Å². The predicted octanol–water partition coefficient (Wildman–Crippen LogP) is 3.53. The molecule has 0 aromatic carbocycles. The molecule has 1 aliphatic heterocycles. The highest BCUT2D eigenvalue weighted by Crippen LogP contribution is 2.17. The average Bonchev–Trinajstić information content (AvgIpc) is 2.76. The molecule has 2 nitrogen and oxygen atoms in total. The molecule has 2 heteroatoms. The fourth-order valence-electron chi connectivity index (χ4n) is 2.27. The molecule has 0 spiro atoms. The Morgan fingerprint density at radius 1 is 1.47 bits per heavy atom. The van der Waals surface area contributed by atoms with Crippen molar-refractivity contribution in [3.05, 3.63) is 11.6 Å². The lowest BCUT2D eigenvalue weighted by Gasteiger charge is -2.13. The third-order valence-electron chi connectivity index (χ3n) is 3.46. The van der Waals surface area contributed by atoms with Crippen molar-refractivity contribution < 1.29 is 4.74 Å². The fraction of sp³-hybridized carbons (Fsp3) is 0.867. The van der Waals surface area contributed by atoms with Crippen LogP contribution in [0.4, 0.5) is 0 Å². The highest BCUT2D eigenvalue weighted by Gasteiger charge is 2.14. The van der Waals surface area contributed by atoms with E-state index < -0.39 is 0 Å². The molecule has 100 valence electrons. The topological polar surface area (TPSA) is 21.3 Å². The van der Waals surface area contributed by atoms with Crippen molar-refractivity contribution in [1.82, 2.24) is 5.32 Å². The van der Waals surface area contributed by atoms with E-state index in [9.17, 15) is 0 Å². The van der Waals surface area contributed by atoms with Gasteiger partial charge in [-0.05, 0) is 65.3 Å². The van der Waals surface area contributed by atoms with Crippen molar-refractivity contribution >= 4 is 0 Å². The standard InChI is InChI=1S/C15H29NO/c1-13(2)6-4-7-14(3)16-10-5-8-15-9-11-17-12-15/h6,14-16H,4-5,7-12H2,1-3H3/t14-,15-/m1/s1. The van der Waals surface area contributed by atoms with Crippen LogP contribution in [0.15, 0.2) is 11.6 Å². The summed E-state index contributed by atoms with van der Waals surface area (Å²) in [5, 5.41) is 3.61. The van der Waals surface area contributed by atoms with E-state index in [0.717, 1.165) is 25.7 Å². The van der Waals surface area contributed by atoms with E-state index in [1.54, 1.807) is 0 Å². The van der Waals surface area contributed by atoms with Crippen molar-refractivity contribution in [2.75, 3.05) is 19.8 Å². The summed E-state index contributed by atoms with van der Waals surface area (Å²) in [6.45, 7) is 9.76. The van der Waals surface area contributed by atoms with Crippen LogP contribution >= 0.6 is 0 Å². The molecule has 1 N–H and O–H groups in total. The van der Waals surface area contributed by atoms with Crippen LogP contribution in [0.1, 0.15) is 52.9 Å². The van der Waals surface area contributed by atoms with Crippen molar-refractivity contribution in [1.29, 1.82) is 0 Å². The molecule has 0 aromatic rings. The van der Waals surface area contributed by atoms with Crippen molar-refractivity contribution in [2.24, 2.45) is 5.92 Å². The first-order valence-electron chi connectivity index (χ1n) is 7.13. The average molecular weight is 239 g/mol. The van der Waals surface area contributed by atoms with Crippen molar-refractivity contribution in [2.45, 2.75) is 58.9 Å². The second-order valence-electron chi connectivity index (χ2n) is 5.59. The number of rotatable bonds is 8. The number of allylic oxidation sites excluding steroid dienone is 2. The van der Waals surface area contributed by atoms with E-state index in [1.165, 1.54) is 37.7 Å². The third kappa shape index (κ3) is 7.56. The minimum Gasteiger partial charge on any atom is -0.381 e. The normalized spacial score (nSPS) is 21.5. The Hall–Kier alpha value is -0.340. The molecule has 1 saturated heterocycles. The van der Waals surface area contributed by atoms with Crippen LogP contribution in [0, 0.1) is 5.92 Å². The Morgan fingerprint density at radius 3 is 2.94 bits per heavy atom. The largest absolute Gasteiger partial charge is 0.381 e. The van der Waals surface area contributed by atoms with Crippen LogP contribution in [0.3, 0.4) is 0 Å². The van der Waals surface area contributed by atoms with Crippen LogP contribution < -0.4 is 5.32 Å². The molecule has 0 amide bonds. The highest BCUT2D eigenvalue weighted by atomic mass is 16.5. The fourth-order valence-corrected chi connectivity index (χ4v) is 2.27. The molecule has 2 atom stereocenters. The van der Waals surface area contributed by atoms with Crippen LogP contribution in [-0.4, -0.2) is 25.8 Å². The van der Waals surface area contributed by atoms with Gasteiger partial charge in [0.15, 0.2) is 0 Å². The number of hydrogen-bond donors (Lipinski definition) is 1. The zero-order valence-electron chi connectivity index (χ0n) is 11.8. The Morgan fingerprint density at radius 2 is 2.29 bits per heavy atom. The van der Waals surface area contributed by atoms with Crippen LogP contribution in [-0.2, 0) is 4.74 Å². The lowest BCUT2D eigenvalue weighted by atomic mass is 10.0. The summed E-state index contributed by atoms with van der Waals surface area (Å²) in [5.41, 5.74) is 1.43. The smallest absolute Gasteiger partial charge is 0.0495 e. The molecular formula is C15H29NO. The number of nitrogens with one attached hydrogen (secondary N) is 1. The van der Waals surface area contributed by atoms with Gasteiger partial charge in [-0.15, -0.1) is 0 Å². The summed E-state index contributed by atoms with van der Waals surface area (Å²) in [6.07, 6.45) is 8.67. The number of ether oxygens (including phenoxy) is 1. The van der Waals surface area contributed by atoms with E-state index >= 15 is 0 Å². The van der Waals surface area contributed by atoms with Gasteiger partial charge in [0.25, 0.3) is 0 Å². The van der Waals surface area contributed by atoms with Crippen LogP contribution in [0.25, 0.3) is 0 Å². The summed E-state index contributed by atoms with van der Waals surface area (Å²) in [6, 6.07) is 0.644. The maximum Gasteiger partial charge on any atom is 0.0495 e. The van der Waals surface area contributed by atoms with Gasteiger partial charge in [0.1, 0.15) is 0 Å². The molecule has 1 heterocycles. The van der Waals surface area contributed by atoms with Crippen molar-refractivity contribution in [3.8, 4) is 0 Å². The first-order valence-corrected chi connectivity index (χ1v) is 7.13. The summed E-state index contributed by atoms with van der Waals surface area (Å²) in [4.78, 5) is 0. The lowest BCUT2D eigenvalue weighted by molar-refractivity contribution is 0.183. The Bertz CT molecular complexity index is 215. The molecule has 0 aliphatic carbocycles. The summed E-state index contributed by atoms with van der Waals surface area (Å²) >= 11 is 0. The predicted molar refractivity (Wildman–Crippen MR) is 74.3 cm³/mol. The molecular weight excluding hydrogens is 210 g/mol. The maximum atomic E-state index is 5.38. The lowest BCUT2D eigenvalue weighted by Crippen LogP contribution is -2.27. The van der Waals surface area contributed by atoms with E-state index in [1.807, 2.05) is 0 Å². The Kier molecular flexibility index (Phi) is 7.54. The molecule has 0 saturated carbocycles. The maximum absolute atomic E-state index is 5.38. The first-order chi connectivity index (χ1) is 8.18. The molecule has 0 unspecified atom stereocenters. The third-order valence-corrected chi connectivity index (χ3v) is 3.46. The van der Waals surface area contributed by atoms with Gasteiger partial charge in [-0.2, -0.15) is 0 Å². The van der Waals surface area contributed by atoms with Gasteiger partial charge >= 0.3 is 0 Å². The number of hydrogen-bond acceptors (Lipinski definition) is 2.